The number of nitrogens with zero attached hydrogens (tertiary/aromatic N) is 1. The Hall–Kier alpha value is -0.170. The highest BCUT2D eigenvalue weighted by Gasteiger charge is 2.23. The third kappa shape index (κ3) is 6.98. The fourth-order valence-electron chi connectivity index (χ4n) is 2.42. The molecule has 0 bridgehead atoms. The summed E-state index contributed by atoms with van der Waals surface area (Å²) in [6.45, 7) is 2.85. The molecule has 0 unspecified atom stereocenters. The van der Waals surface area contributed by atoms with Crippen LogP contribution in [0.4, 0.5) is 0 Å². The van der Waals surface area contributed by atoms with E-state index in [2.05, 4.69) is 0 Å². The summed E-state index contributed by atoms with van der Waals surface area (Å²) >= 11 is 13.5. The quantitative estimate of drug-likeness (QED) is 0.544. The van der Waals surface area contributed by atoms with Gasteiger partial charge in [0.1, 0.15) is 0 Å². The lowest BCUT2D eigenvalue weighted by Crippen LogP contribution is -2.41. The predicted octanol–water partition coefficient (Wildman–Crippen LogP) is 3.86. The lowest BCUT2D eigenvalue weighted by molar-refractivity contribution is -0.130. The predicted molar refractivity (Wildman–Crippen MR) is 104 cm³/mol. The van der Waals surface area contributed by atoms with E-state index in [4.69, 9.17) is 33.7 Å². The van der Waals surface area contributed by atoms with Crippen LogP contribution in [0.3, 0.4) is 0 Å². The molecule has 1 heterocycles. The number of piperidine rings is 1. The Balaban J connectivity index is 0.00000288. The molecule has 2 N–H and O–H groups in total. The zero-order valence-electron chi connectivity index (χ0n) is 13.4. The number of likely N-dealkylation sites (tertiary alicyclic amines) is 1. The van der Waals surface area contributed by atoms with Crippen LogP contribution in [0.25, 0.3) is 0 Å². The van der Waals surface area contributed by atoms with Crippen LogP contribution in [0.1, 0.15) is 19.3 Å². The second-order valence-electron chi connectivity index (χ2n) is 5.46. The number of amides is 1. The van der Waals surface area contributed by atoms with Crippen molar-refractivity contribution in [2.45, 2.75) is 30.3 Å². The van der Waals surface area contributed by atoms with Crippen molar-refractivity contribution < 1.29 is 9.53 Å². The van der Waals surface area contributed by atoms with Gasteiger partial charge in [0.05, 0.1) is 16.9 Å². The van der Waals surface area contributed by atoms with Crippen molar-refractivity contribution in [2.75, 3.05) is 32.0 Å². The van der Waals surface area contributed by atoms with Crippen LogP contribution in [0.2, 0.25) is 10.0 Å². The molecule has 0 atom stereocenters. The number of carbonyl (C=O) groups is 1. The van der Waals surface area contributed by atoms with E-state index in [1.807, 2.05) is 4.90 Å². The lowest BCUT2D eigenvalue weighted by atomic mass is 10.1. The van der Waals surface area contributed by atoms with Crippen LogP contribution in [-0.4, -0.2) is 48.9 Å². The molecule has 0 saturated carbocycles. The second-order valence-corrected chi connectivity index (χ2v) is 7.32. The lowest BCUT2D eigenvalue weighted by Gasteiger charge is -2.32. The molecular weight excluding hydrogens is 391 g/mol. The van der Waals surface area contributed by atoms with E-state index in [9.17, 15) is 4.79 Å². The van der Waals surface area contributed by atoms with Gasteiger partial charge in [0.2, 0.25) is 5.91 Å². The van der Waals surface area contributed by atoms with Crippen molar-refractivity contribution >= 4 is 53.3 Å². The Morgan fingerprint density at radius 2 is 2.04 bits per heavy atom. The molecule has 24 heavy (non-hydrogen) atoms. The fraction of sp³-hybridized carbons (Fsp3) is 0.562. The van der Waals surface area contributed by atoms with Crippen molar-refractivity contribution in [3.8, 4) is 0 Å². The first-order valence-electron chi connectivity index (χ1n) is 7.77. The van der Waals surface area contributed by atoms with E-state index in [0.29, 0.717) is 28.9 Å². The Labute approximate surface area is 163 Å². The molecule has 1 amide bonds. The molecule has 136 valence electrons. The van der Waals surface area contributed by atoms with Crippen LogP contribution in [0.5, 0.6) is 0 Å². The fourth-order valence-corrected chi connectivity index (χ4v) is 3.82. The standard InChI is InChI=1S/C16H22Cl2N2O2S.ClH/c17-12-2-3-14(18)15(10-12)23-11-16(21)20-7-4-13(5-8-20)22-9-1-6-19;/h2-3,10,13H,1,4-9,11,19H2;1H. The largest absolute Gasteiger partial charge is 0.378 e. The molecule has 1 fully saturated rings. The smallest absolute Gasteiger partial charge is 0.232 e. The highest BCUT2D eigenvalue weighted by molar-refractivity contribution is 8.00. The number of ether oxygens (including phenoxy) is 1. The Bertz CT molecular complexity index is 526. The minimum Gasteiger partial charge on any atom is -0.378 e. The number of halogens is 3. The van der Waals surface area contributed by atoms with Gasteiger partial charge in [-0.25, -0.2) is 0 Å². The Kier molecular flexibility index (Phi) is 10.4. The van der Waals surface area contributed by atoms with Crippen molar-refractivity contribution in [1.29, 1.82) is 0 Å². The monoisotopic (exact) mass is 412 g/mol. The summed E-state index contributed by atoms with van der Waals surface area (Å²) in [4.78, 5) is 15.0. The molecule has 1 saturated heterocycles. The van der Waals surface area contributed by atoms with Crippen LogP contribution >= 0.6 is 47.4 Å². The van der Waals surface area contributed by atoms with Crippen LogP contribution < -0.4 is 5.73 Å². The molecule has 1 aliphatic rings. The van der Waals surface area contributed by atoms with E-state index in [1.54, 1.807) is 18.2 Å². The molecule has 0 radical (unpaired) electrons. The average Bonchev–Trinajstić information content (AvgIpc) is 2.56. The zero-order valence-corrected chi connectivity index (χ0v) is 16.5. The average molecular weight is 414 g/mol. The summed E-state index contributed by atoms with van der Waals surface area (Å²) in [5.74, 6) is 0.505. The third-order valence-corrected chi connectivity index (χ3v) is 5.46. The van der Waals surface area contributed by atoms with E-state index >= 15 is 0 Å². The normalized spacial score (nSPS) is 15.2. The Morgan fingerprint density at radius 3 is 2.71 bits per heavy atom. The first-order valence-corrected chi connectivity index (χ1v) is 9.51. The first-order chi connectivity index (χ1) is 11.1. The highest BCUT2D eigenvalue weighted by atomic mass is 35.5. The van der Waals surface area contributed by atoms with Gasteiger partial charge < -0.3 is 15.4 Å². The summed E-state index contributed by atoms with van der Waals surface area (Å²) in [6, 6.07) is 5.28. The first kappa shape index (κ1) is 21.9. The second kappa shape index (κ2) is 11.4. The minimum atomic E-state index is 0. The molecule has 1 aromatic rings. The topological polar surface area (TPSA) is 55.6 Å². The number of rotatable bonds is 7. The molecule has 1 aliphatic heterocycles. The van der Waals surface area contributed by atoms with E-state index < -0.39 is 0 Å². The molecule has 0 aliphatic carbocycles. The van der Waals surface area contributed by atoms with Gasteiger partial charge in [-0.2, -0.15) is 0 Å². The SMILES string of the molecule is Cl.NCCCOC1CCN(C(=O)CSc2cc(Cl)ccc2Cl)CC1. The molecule has 2 rings (SSSR count). The summed E-state index contributed by atoms with van der Waals surface area (Å²) in [7, 11) is 0. The molecule has 1 aromatic carbocycles. The van der Waals surface area contributed by atoms with Gasteiger partial charge in [-0.3, -0.25) is 4.79 Å². The van der Waals surface area contributed by atoms with Crippen molar-refractivity contribution in [3.05, 3.63) is 28.2 Å². The maximum atomic E-state index is 12.3. The number of hydrogen-bond acceptors (Lipinski definition) is 4. The maximum absolute atomic E-state index is 12.3. The number of benzene rings is 1. The summed E-state index contributed by atoms with van der Waals surface area (Å²) in [5, 5.41) is 1.25. The number of carbonyl (C=O) groups excluding carboxylic acids is 1. The summed E-state index contributed by atoms with van der Waals surface area (Å²) < 4.78 is 5.75. The van der Waals surface area contributed by atoms with E-state index in [-0.39, 0.29) is 24.4 Å². The molecule has 8 heteroatoms. The van der Waals surface area contributed by atoms with Crippen LogP contribution in [0, 0.1) is 0 Å². The highest BCUT2D eigenvalue weighted by Crippen LogP contribution is 2.30. The van der Waals surface area contributed by atoms with E-state index in [1.165, 1.54) is 11.8 Å². The molecular formula is C16H23Cl3N2O2S. The zero-order chi connectivity index (χ0) is 16.7. The molecule has 0 spiro atoms. The van der Waals surface area contributed by atoms with E-state index in [0.717, 1.165) is 37.2 Å². The molecule has 0 aromatic heterocycles. The van der Waals surface area contributed by atoms with Crippen LogP contribution in [0.15, 0.2) is 23.1 Å². The van der Waals surface area contributed by atoms with Crippen molar-refractivity contribution in [3.63, 3.8) is 0 Å². The third-order valence-electron chi connectivity index (χ3n) is 3.74. The summed E-state index contributed by atoms with van der Waals surface area (Å²) in [5.41, 5.74) is 5.45. The summed E-state index contributed by atoms with van der Waals surface area (Å²) in [6.07, 6.45) is 2.91. The number of thioether (sulfide) groups is 1. The number of hydrogen-bond donors (Lipinski definition) is 1. The van der Waals surface area contributed by atoms with Gasteiger partial charge in [0, 0.05) is 29.6 Å². The van der Waals surface area contributed by atoms with Gasteiger partial charge in [-0.05, 0) is 44.0 Å². The Morgan fingerprint density at radius 1 is 1.33 bits per heavy atom. The van der Waals surface area contributed by atoms with Gasteiger partial charge in [-0.15, -0.1) is 24.2 Å². The van der Waals surface area contributed by atoms with Crippen molar-refractivity contribution in [2.24, 2.45) is 5.73 Å². The number of nitrogens with two attached hydrogens (primary N) is 1. The van der Waals surface area contributed by atoms with Crippen LogP contribution in [-0.2, 0) is 9.53 Å². The van der Waals surface area contributed by atoms with Gasteiger partial charge >= 0.3 is 0 Å². The van der Waals surface area contributed by atoms with Crippen molar-refractivity contribution in [1.82, 2.24) is 4.90 Å². The van der Waals surface area contributed by atoms with Gasteiger partial charge in [-0.1, -0.05) is 23.2 Å². The maximum Gasteiger partial charge on any atom is 0.232 e. The minimum absolute atomic E-state index is 0. The van der Waals surface area contributed by atoms with Gasteiger partial charge in [0.15, 0.2) is 0 Å². The van der Waals surface area contributed by atoms with Gasteiger partial charge in [0.25, 0.3) is 0 Å². The molecule has 4 nitrogen and oxygen atoms in total.